The van der Waals surface area contributed by atoms with E-state index in [0.29, 0.717) is 36.9 Å². The molecule has 0 heterocycles. The van der Waals surface area contributed by atoms with Gasteiger partial charge in [0.05, 0.1) is 5.25 Å². The van der Waals surface area contributed by atoms with Gasteiger partial charge in [0.15, 0.2) is 0 Å². The van der Waals surface area contributed by atoms with Crippen LogP contribution in [0.25, 0.3) is 0 Å². The van der Waals surface area contributed by atoms with Gasteiger partial charge in [0.2, 0.25) is 15.9 Å². The molecular formula is C20H31N3O4S. The molecule has 0 spiro atoms. The van der Waals surface area contributed by atoms with Crippen molar-refractivity contribution in [3.8, 4) is 0 Å². The third-order valence-corrected chi connectivity index (χ3v) is 6.76. The Balaban J connectivity index is 1.90. The molecule has 1 aliphatic carbocycles. The number of sulfonamides is 1. The van der Waals surface area contributed by atoms with Crippen LogP contribution < -0.4 is 15.4 Å². The van der Waals surface area contributed by atoms with Crippen molar-refractivity contribution in [1.29, 1.82) is 0 Å². The Bertz CT molecular complexity index is 797. The van der Waals surface area contributed by atoms with Crippen LogP contribution in [0.1, 0.15) is 63.7 Å². The van der Waals surface area contributed by atoms with Crippen LogP contribution in [0.15, 0.2) is 24.3 Å². The van der Waals surface area contributed by atoms with E-state index in [2.05, 4.69) is 15.4 Å². The minimum Gasteiger partial charge on any atom is -0.350 e. The summed E-state index contributed by atoms with van der Waals surface area (Å²) < 4.78 is 26.7. The number of hydrogen-bond donors (Lipinski definition) is 3. The lowest BCUT2D eigenvalue weighted by atomic mass is 9.86. The lowest BCUT2D eigenvalue weighted by Crippen LogP contribution is -2.42. The SMILES string of the molecule is CC(C)NC(=O)c1cccc(NC(=O)[C@H]2CC[C@H](NS(=O)(=O)C(C)C)CC2)c1. The highest BCUT2D eigenvalue weighted by Crippen LogP contribution is 2.26. The van der Waals surface area contributed by atoms with Crippen LogP contribution in [-0.4, -0.2) is 37.6 Å². The second kappa shape index (κ2) is 9.52. The number of rotatable bonds is 7. The van der Waals surface area contributed by atoms with E-state index < -0.39 is 15.3 Å². The van der Waals surface area contributed by atoms with Gasteiger partial charge in [0.25, 0.3) is 5.91 Å². The standard InChI is InChI=1S/C20H31N3O4S/c1-13(2)21-20(25)16-6-5-7-18(12-16)22-19(24)15-8-10-17(11-9-15)23-28(26,27)14(3)4/h5-7,12-15,17,23H,8-11H2,1-4H3,(H,21,25)(H,22,24)/t15-,17-. The Morgan fingerprint density at radius 1 is 1.04 bits per heavy atom. The zero-order valence-corrected chi connectivity index (χ0v) is 17.8. The summed E-state index contributed by atoms with van der Waals surface area (Å²) in [5, 5.41) is 5.25. The molecule has 1 aromatic rings. The van der Waals surface area contributed by atoms with E-state index >= 15 is 0 Å². The van der Waals surface area contributed by atoms with Gasteiger partial charge in [0, 0.05) is 29.3 Å². The van der Waals surface area contributed by atoms with Crippen LogP contribution in [0.5, 0.6) is 0 Å². The average molecular weight is 410 g/mol. The fourth-order valence-corrected chi connectivity index (χ4v) is 4.14. The predicted octanol–water partition coefficient (Wildman–Crippen LogP) is 2.65. The lowest BCUT2D eigenvalue weighted by Gasteiger charge is -2.28. The maximum absolute atomic E-state index is 12.6. The molecule has 156 valence electrons. The molecule has 0 aliphatic heterocycles. The summed E-state index contributed by atoms with van der Waals surface area (Å²) in [6.45, 7) is 7.08. The van der Waals surface area contributed by atoms with Crippen LogP contribution in [-0.2, 0) is 14.8 Å². The number of amides is 2. The fraction of sp³-hybridized carbons (Fsp3) is 0.600. The Morgan fingerprint density at radius 2 is 1.68 bits per heavy atom. The van der Waals surface area contributed by atoms with E-state index in [1.165, 1.54) is 0 Å². The minimum atomic E-state index is -3.29. The maximum atomic E-state index is 12.6. The Kier molecular flexibility index (Phi) is 7.60. The summed E-state index contributed by atoms with van der Waals surface area (Å²) in [4.78, 5) is 24.7. The van der Waals surface area contributed by atoms with Crippen molar-refractivity contribution >= 4 is 27.5 Å². The largest absolute Gasteiger partial charge is 0.350 e. The highest BCUT2D eigenvalue weighted by molar-refractivity contribution is 7.90. The summed E-state index contributed by atoms with van der Waals surface area (Å²) >= 11 is 0. The van der Waals surface area contributed by atoms with Gasteiger partial charge in [-0.1, -0.05) is 6.07 Å². The lowest BCUT2D eigenvalue weighted by molar-refractivity contribution is -0.120. The molecule has 0 unspecified atom stereocenters. The Labute approximate surface area is 167 Å². The zero-order chi connectivity index (χ0) is 20.9. The van der Waals surface area contributed by atoms with E-state index in [4.69, 9.17) is 0 Å². The third-order valence-electron chi connectivity index (χ3n) is 4.86. The Hall–Kier alpha value is -1.93. The van der Waals surface area contributed by atoms with Crippen LogP contribution in [0.4, 0.5) is 5.69 Å². The monoisotopic (exact) mass is 409 g/mol. The summed E-state index contributed by atoms with van der Waals surface area (Å²) in [5.74, 6) is -0.427. The summed E-state index contributed by atoms with van der Waals surface area (Å²) in [6.07, 6.45) is 2.54. The fourth-order valence-electron chi connectivity index (χ4n) is 3.17. The van der Waals surface area contributed by atoms with Crippen molar-refractivity contribution < 1.29 is 18.0 Å². The van der Waals surface area contributed by atoms with Gasteiger partial charge < -0.3 is 10.6 Å². The average Bonchev–Trinajstić information content (AvgIpc) is 2.61. The van der Waals surface area contributed by atoms with Gasteiger partial charge in [0.1, 0.15) is 0 Å². The molecule has 2 amide bonds. The maximum Gasteiger partial charge on any atom is 0.251 e. The van der Waals surface area contributed by atoms with Gasteiger partial charge in [-0.3, -0.25) is 9.59 Å². The van der Waals surface area contributed by atoms with Crippen molar-refractivity contribution in [1.82, 2.24) is 10.0 Å². The number of anilines is 1. The van der Waals surface area contributed by atoms with Crippen molar-refractivity contribution in [2.24, 2.45) is 5.92 Å². The molecule has 7 nitrogen and oxygen atoms in total. The molecule has 2 rings (SSSR count). The number of nitrogens with one attached hydrogen (secondary N) is 3. The molecule has 28 heavy (non-hydrogen) atoms. The first-order valence-electron chi connectivity index (χ1n) is 9.81. The first-order chi connectivity index (χ1) is 13.1. The third kappa shape index (κ3) is 6.31. The van der Waals surface area contributed by atoms with Crippen molar-refractivity contribution in [2.45, 2.75) is 70.7 Å². The molecule has 1 aromatic carbocycles. The predicted molar refractivity (Wildman–Crippen MR) is 111 cm³/mol. The molecule has 1 fully saturated rings. The van der Waals surface area contributed by atoms with E-state index in [1.54, 1.807) is 38.1 Å². The van der Waals surface area contributed by atoms with Crippen LogP contribution in [0, 0.1) is 5.92 Å². The molecule has 0 bridgehead atoms. The van der Waals surface area contributed by atoms with Crippen LogP contribution in [0.3, 0.4) is 0 Å². The van der Waals surface area contributed by atoms with Crippen LogP contribution >= 0.6 is 0 Å². The van der Waals surface area contributed by atoms with E-state index in [0.717, 1.165) is 0 Å². The number of carbonyl (C=O) groups excluding carboxylic acids is 2. The van der Waals surface area contributed by atoms with Crippen molar-refractivity contribution in [2.75, 3.05) is 5.32 Å². The van der Waals surface area contributed by atoms with E-state index in [1.807, 2.05) is 13.8 Å². The topological polar surface area (TPSA) is 104 Å². The number of hydrogen-bond acceptors (Lipinski definition) is 4. The quantitative estimate of drug-likeness (QED) is 0.644. The van der Waals surface area contributed by atoms with Crippen molar-refractivity contribution in [3.05, 3.63) is 29.8 Å². The van der Waals surface area contributed by atoms with Gasteiger partial charge >= 0.3 is 0 Å². The molecular weight excluding hydrogens is 378 g/mol. The zero-order valence-electron chi connectivity index (χ0n) is 17.0. The number of carbonyl (C=O) groups is 2. The summed E-state index contributed by atoms with van der Waals surface area (Å²) in [5.41, 5.74) is 1.09. The van der Waals surface area contributed by atoms with E-state index in [-0.39, 0.29) is 29.8 Å². The molecule has 8 heteroatoms. The first kappa shape index (κ1) is 22.4. The molecule has 1 saturated carbocycles. The second-order valence-electron chi connectivity index (χ2n) is 7.96. The molecule has 1 aliphatic rings. The highest BCUT2D eigenvalue weighted by atomic mass is 32.2. The molecule has 0 aromatic heterocycles. The smallest absolute Gasteiger partial charge is 0.251 e. The minimum absolute atomic E-state index is 0.0362. The number of benzene rings is 1. The van der Waals surface area contributed by atoms with E-state index in [9.17, 15) is 18.0 Å². The van der Waals surface area contributed by atoms with Crippen molar-refractivity contribution in [3.63, 3.8) is 0 Å². The highest BCUT2D eigenvalue weighted by Gasteiger charge is 2.29. The van der Waals surface area contributed by atoms with Gasteiger partial charge in [-0.2, -0.15) is 0 Å². The molecule has 0 atom stereocenters. The van der Waals surface area contributed by atoms with Gasteiger partial charge in [-0.15, -0.1) is 0 Å². The normalized spacial score (nSPS) is 20.2. The van der Waals surface area contributed by atoms with Gasteiger partial charge in [-0.25, -0.2) is 13.1 Å². The van der Waals surface area contributed by atoms with Gasteiger partial charge in [-0.05, 0) is 71.6 Å². The molecule has 0 saturated heterocycles. The molecule has 3 N–H and O–H groups in total. The van der Waals surface area contributed by atoms with Crippen LogP contribution in [0.2, 0.25) is 0 Å². The summed E-state index contributed by atoms with van der Waals surface area (Å²) in [6, 6.07) is 6.79. The second-order valence-corrected chi connectivity index (χ2v) is 10.2. The Morgan fingerprint density at radius 3 is 2.25 bits per heavy atom. The summed E-state index contributed by atoms with van der Waals surface area (Å²) in [7, 11) is -3.29. The molecule has 0 radical (unpaired) electrons. The first-order valence-corrected chi connectivity index (χ1v) is 11.4.